The second-order valence-electron chi connectivity index (χ2n) is 6.32. The van der Waals surface area contributed by atoms with Crippen molar-refractivity contribution < 1.29 is 19.1 Å². The van der Waals surface area contributed by atoms with Crippen molar-refractivity contribution in [1.82, 2.24) is 4.90 Å². The molecule has 21 heavy (non-hydrogen) atoms. The molecule has 0 aromatic carbocycles. The Kier molecular flexibility index (Phi) is 6.65. The summed E-state index contributed by atoms with van der Waals surface area (Å²) in [5, 5.41) is 0. The number of rotatable bonds is 7. The molecule has 0 amide bonds. The minimum Gasteiger partial charge on any atom is -0.463 e. The molecule has 2 atom stereocenters. The van der Waals surface area contributed by atoms with Crippen LogP contribution in [0, 0.1) is 5.92 Å². The third kappa shape index (κ3) is 4.43. The van der Waals surface area contributed by atoms with Gasteiger partial charge < -0.3 is 9.47 Å². The first kappa shape index (κ1) is 18.0. The van der Waals surface area contributed by atoms with Gasteiger partial charge in [0, 0.05) is 6.04 Å². The van der Waals surface area contributed by atoms with Gasteiger partial charge in [0.2, 0.25) is 0 Å². The van der Waals surface area contributed by atoms with E-state index in [1.54, 1.807) is 13.8 Å². The van der Waals surface area contributed by atoms with Crippen LogP contribution in [-0.4, -0.2) is 41.8 Å². The highest BCUT2D eigenvalue weighted by molar-refractivity contribution is 5.80. The Hall–Kier alpha value is -1.10. The van der Waals surface area contributed by atoms with Crippen LogP contribution in [0.15, 0.2) is 0 Å². The first-order valence-electron chi connectivity index (χ1n) is 7.95. The molecule has 5 heteroatoms. The number of cyclic esters (lactones) is 1. The molecule has 0 aliphatic carbocycles. The molecule has 1 fully saturated rings. The smallest absolute Gasteiger partial charge is 0.326 e. The van der Waals surface area contributed by atoms with E-state index in [4.69, 9.17) is 9.47 Å². The fourth-order valence-corrected chi connectivity index (χ4v) is 2.61. The molecule has 122 valence electrons. The Balaban J connectivity index is 2.59. The first-order chi connectivity index (χ1) is 9.84. The maximum absolute atomic E-state index is 12.2. The number of esters is 2. The summed E-state index contributed by atoms with van der Waals surface area (Å²) in [6.07, 6.45) is 3.77. The molecule has 0 aromatic heterocycles. The Morgan fingerprint density at radius 1 is 1.48 bits per heavy atom. The van der Waals surface area contributed by atoms with Gasteiger partial charge in [0.15, 0.2) is 0 Å². The van der Waals surface area contributed by atoms with Crippen LogP contribution in [0.4, 0.5) is 0 Å². The molecule has 5 nitrogen and oxygen atoms in total. The van der Waals surface area contributed by atoms with Crippen LogP contribution < -0.4 is 0 Å². The molecule has 1 aliphatic rings. The summed E-state index contributed by atoms with van der Waals surface area (Å²) in [7, 11) is 0. The van der Waals surface area contributed by atoms with Crippen molar-refractivity contribution in [1.29, 1.82) is 0 Å². The average Bonchev–Trinajstić information content (AvgIpc) is 2.44. The Labute approximate surface area is 128 Å². The highest BCUT2D eigenvalue weighted by Gasteiger charge is 2.43. The molecule has 0 aromatic rings. The molecule has 0 spiro atoms. The van der Waals surface area contributed by atoms with E-state index >= 15 is 0 Å². The third-order valence-electron chi connectivity index (χ3n) is 4.28. The molecule has 0 saturated carbocycles. The monoisotopic (exact) mass is 299 g/mol. The van der Waals surface area contributed by atoms with E-state index in [-0.39, 0.29) is 30.6 Å². The molecule has 0 radical (unpaired) electrons. The van der Waals surface area contributed by atoms with Crippen LogP contribution in [0.3, 0.4) is 0 Å². The minimum absolute atomic E-state index is 0.0416. The molecule has 1 aliphatic heterocycles. The topological polar surface area (TPSA) is 55.8 Å². The van der Waals surface area contributed by atoms with Crippen molar-refractivity contribution in [3.8, 4) is 0 Å². The van der Waals surface area contributed by atoms with E-state index in [2.05, 4.69) is 6.92 Å². The predicted molar refractivity (Wildman–Crippen MR) is 80.6 cm³/mol. The van der Waals surface area contributed by atoms with E-state index in [1.807, 2.05) is 18.7 Å². The first-order valence-corrected chi connectivity index (χ1v) is 7.95. The van der Waals surface area contributed by atoms with Crippen LogP contribution >= 0.6 is 0 Å². The van der Waals surface area contributed by atoms with Gasteiger partial charge in [-0.2, -0.15) is 0 Å². The molecule has 1 rings (SSSR count). The quantitative estimate of drug-likeness (QED) is 0.677. The SMILES string of the molecule is CCCCC(CC)C(=O)OCN1C(C)COC(=O)C1(C)C. The van der Waals surface area contributed by atoms with E-state index in [9.17, 15) is 9.59 Å². The van der Waals surface area contributed by atoms with Gasteiger partial charge in [0.1, 0.15) is 18.9 Å². The summed E-state index contributed by atoms with van der Waals surface area (Å²) >= 11 is 0. The second-order valence-corrected chi connectivity index (χ2v) is 6.32. The fourth-order valence-electron chi connectivity index (χ4n) is 2.61. The van der Waals surface area contributed by atoms with Crippen molar-refractivity contribution in [3.05, 3.63) is 0 Å². The van der Waals surface area contributed by atoms with Crippen molar-refractivity contribution in [2.75, 3.05) is 13.3 Å². The van der Waals surface area contributed by atoms with Crippen molar-refractivity contribution in [2.45, 2.75) is 71.9 Å². The molecular formula is C16H29NO4. The summed E-state index contributed by atoms with van der Waals surface area (Å²) in [6.45, 7) is 10.2. The zero-order chi connectivity index (χ0) is 16.0. The van der Waals surface area contributed by atoms with Crippen LogP contribution in [0.5, 0.6) is 0 Å². The van der Waals surface area contributed by atoms with Crippen LogP contribution in [0.2, 0.25) is 0 Å². The van der Waals surface area contributed by atoms with Crippen molar-refractivity contribution >= 4 is 11.9 Å². The molecule has 1 saturated heterocycles. The second kappa shape index (κ2) is 7.78. The maximum Gasteiger partial charge on any atom is 0.326 e. The number of carbonyl (C=O) groups excluding carboxylic acids is 2. The van der Waals surface area contributed by atoms with Crippen LogP contribution in [0.25, 0.3) is 0 Å². The standard InChI is InChI=1S/C16H29NO4/c1-6-8-9-13(7-2)14(18)21-11-17-12(3)10-20-15(19)16(17,4)5/h12-13H,6-11H2,1-5H3. The molecule has 1 heterocycles. The summed E-state index contributed by atoms with van der Waals surface area (Å²) in [5.41, 5.74) is -0.761. The summed E-state index contributed by atoms with van der Waals surface area (Å²) in [5.74, 6) is -0.470. The van der Waals surface area contributed by atoms with Crippen molar-refractivity contribution in [2.24, 2.45) is 5.92 Å². The van der Waals surface area contributed by atoms with E-state index in [0.29, 0.717) is 6.61 Å². The number of unbranched alkanes of at least 4 members (excludes halogenated alkanes) is 1. The van der Waals surface area contributed by atoms with E-state index in [1.165, 1.54) is 0 Å². The van der Waals surface area contributed by atoms with Crippen molar-refractivity contribution in [3.63, 3.8) is 0 Å². The molecule has 0 N–H and O–H groups in total. The van der Waals surface area contributed by atoms with Gasteiger partial charge in [-0.3, -0.25) is 9.59 Å². The molecular weight excluding hydrogens is 270 g/mol. The van der Waals surface area contributed by atoms with Gasteiger partial charge in [-0.15, -0.1) is 0 Å². The Morgan fingerprint density at radius 2 is 2.14 bits per heavy atom. The lowest BCUT2D eigenvalue weighted by Gasteiger charge is -2.43. The number of hydrogen-bond acceptors (Lipinski definition) is 5. The lowest BCUT2D eigenvalue weighted by Crippen LogP contribution is -2.61. The maximum atomic E-state index is 12.2. The van der Waals surface area contributed by atoms with Gasteiger partial charge in [-0.25, -0.2) is 4.90 Å². The Morgan fingerprint density at radius 3 is 2.71 bits per heavy atom. The summed E-state index contributed by atoms with van der Waals surface area (Å²) < 4.78 is 10.6. The summed E-state index contributed by atoms with van der Waals surface area (Å²) in [6, 6.07) is 0.0428. The predicted octanol–water partition coefficient (Wildman–Crippen LogP) is 2.73. The number of ether oxygens (including phenoxy) is 2. The lowest BCUT2D eigenvalue weighted by molar-refractivity contribution is -0.185. The number of nitrogens with zero attached hydrogens (tertiary/aromatic N) is 1. The third-order valence-corrected chi connectivity index (χ3v) is 4.28. The largest absolute Gasteiger partial charge is 0.463 e. The molecule has 2 unspecified atom stereocenters. The van der Waals surface area contributed by atoms with Crippen LogP contribution in [0.1, 0.15) is 60.3 Å². The lowest BCUT2D eigenvalue weighted by atomic mass is 9.99. The Bertz CT molecular complexity index is 367. The number of morpholine rings is 1. The summed E-state index contributed by atoms with van der Waals surface area (Å²) in [4.78, 5) is 25.9. The average molecular weight is 299 g/mol. The zero-order valence-electron chi connectivity index (χ0n) is 14.0. The van der Waals surface area contributed by atoms with Gasteiger partial charge in [-0.05, 0) is 33.6 Å². The normalized spacial score (nSPS) is 23.5. The highest BCUT2D eigenvalue weighted by Crippen LogP contribution is 2.25. The number of hydrogen-bond donors (Lipinski definition) is 0. The molecule has 0 bridgehead atoms. The van der Waals surface area contributed by atoms with Gasteiger partial charge in [0.25, 0.3) is 0 Å². The number of carbonyl (C=O) groups is 2. The van der Waals surface area contributed by atoms with Gasteiger partial charge in [-0.1, -0.05) is 26.7 Å². The van der Waals surface area contributed by atoms with Gasteiger partial charge >= 0.3 is 11.9 Å². The minimum atomic E-state index is -0.761. The fraction of sp³-hybridized carbons (Fsp3) is 0.875. The highest BCUT2D eigenvalue weighted by atomic mass is 16.6. The van der Waals surface area contributed by atoms with E-state index < -0.39 is 5.54 Å². The zero-order valence-corrected chi connectivity index (χ0v) is 14.0. The van der Waals surface area contributed by atoms with Gasteiger partial charge in [0.05, 0.1) is 5.92 Å². The van der Waals surface area contributed by atoms with Crippen LogP contribution in [-0.2, 0) is 19.1 Å². The van der Waals surface area contributed by atoms with E-state index in [0.717, 1.165) is 25.7 Å².